The minimum atomic E-state index is 0.492. The van der Waals surface area contributed by atoms with Gasteiger partial charge in [0.15, 0.2) is 23.0 Å². The zero-order valence-corrected chi connectivity index (χ0v) is 17.6. The number of fused-ring (bicyclic) bond motifs is 1. The molecule has 11 heteroatoms. The van der Waals surface area contributed by atoms with Gasteiger partial charge in [-0.25, -0.2) is 24.9 Å². The monoisotopic (exact) mass is 447 g/mol. The molecule has 0 aliphatic rings. The third kappa shape index (κ3) is 3.77. The Morgan fingerprint density at radius 1 is 0.706 bits per heavy atom. The summed E-state index contributed by atoms with van der Waals surface area (Å²) >= 11 is 0. The predicted molar refractivity (Wildman–Crippen MR) is 126 cm³/mol. The molecular weight excluding hydrogens is 430 g/mol. The second-order valence-electron chi connectivity index (χ2n) is 7.26. The fourth-order valence-corrected chi connectivity index (χ4v) is 3.47. The first kappa shape index (κ1) is 19.5. The molecule has 4 N–H and O–H groups in total. The number of nitrogens with zero attached hydrogens (tertiary/aromatic N) is 7. The smallest absolute Gasteiger partial charge is 0.165 e. The highest BCUT2D eigenvalue weighted by Gasteiger charge is 2.10. The average Bonchev–Trinajstić information content (AvgIpc) is 3.63. The molecule has 34 heavy (non-hydrogen) atoms. The number of aromatic amines is 3. The zero-order chi connectivity index (χ0) is 22.7. The van der Waals surface area contributed by atoms with Crippen molar-refractivity contribution in [2.24, 2.45) is 4.99 Å². The van der Waals surface area contributed by atoms with Crippen LogP contribution in [0.1, 0.15) is 0 Å². The van der Waals surface area contributed by atoms with Crippen molar-refractivity contribution in [3.05, 3.63) is 85.4 Å². The van der Waals surface area contributed by atoms with Crippen LogP contribution in [0.25, 0.3) is 33.8 Å². The van der Waals surface area contributed by atoms with Crippen LogP contribution in [0.2, 0.25) is 0 Å². The molecule has 0 bridgehead atoms. The maximum absolute atomic E-state index is 4.65. The second-order valence-corrected chi connectivity index (χ2v) is 7.26. The number of imidazole rings is 2. The Labute approximate surface area is 192 Å². The van der Waals surface area contributed by atoms with Crippen molar-refractivity contribution in [3.63, 3.8) is 0 Å². The van der Waals surface area contributed by atoms with Crippen molar-refractivity contribution < 1.29 is 0 Å². The Kier molecular flexibility index (Phi) is 4.81. The van der Waals surface area contributed by atoms with Crippen LogP contribution < -0.4 is 10.8 Å². The van der Waals surface area contributed by atoms with Gasteiger partial charge in [-0.05, 0) is 24.3 Å². The van der Waals surface area contributed by atoms with Crippen LogP contribution in [0.4, 0.5) is 17.5 Å². The summed E-state index contributed by atoms with van der Waals surface area (Å²) in [5, 5.41) is 4.88. The van der Waals surface area contributed by atoms with Gasteiger partial charge < -0.3 is 20.3 Å². The molecule has 0 fully saturated rings. The van der Waals surface area contributed by atoms with Crippen molar-refractivity contribution in [1.29, 1.82) is 0 Å². The van der Waals surface area contributed by atoms with Gasteiger partial charge in [0.05, 0.1) is 12.4 Å². The number of anilines is 2. The molecule has 0 amide bonds. The molecule has 0 saturated carbocycles. The number of pyridine rings is 2. The molecule has 0 radical (unpaired) electrons. The van der Waals surface area contributed by atoms with Gasteiger partial charge in [0.2, 0.25) is 0 Å². The summed E-state index contributed by atoms with van der Waals surface area (Å²) in [5.41, 5.74) is 1.98. The molecule has 0 aliphatic carbocycles. The number of rotatable bonds is 5. The van der Waals surface area contributed by atoms with Gasteiger partial charge in [0, 0.05) is 35.6 Å². The summed E-state index contributed by atoms with van der Waals surface area (Å²) in [6.45, 7) is 0. The van der Waals surface area contributed by atoms with Gasteiger partial charge in [-0.1, -0.05) is 12.1 Å². The molecule has 6 heterocycles. The molecule has 0 unspecified atom stereocenters. The summed E-state index contributed by atoms with van der Waals surface area (Å²) in [4.78, 5) is 40.5. The van der Waals surface area contributed by atoms with E-state index in [1.807, 2.05) is 48.8 Å². The molecule has 11 nitrogen and oxygen atoms in total. The Balaban J connectivity index is 1.35. The van der Waals surface area contributed by atoms with Crippen LogP contribution in [0.5, 0.6) is 0 Å². The molecular formula is C23H17N11. The van der Waals surface area contributed by atoms with E-state index in [1.165, 1.54) is 6.33 Å². The van der Waals surface area contributed by atoms with E-state index in [2.05, 4.69) is 55.2 Å². The molecule has 6 aromatic heterocycles. The lowest BCUT2D eigenvalue weighted by molar-refractivity contribution is 1.12. The van der Waals surface area contributed by atoms with Gasteiger partial charge in [0.25, 0.3) is 0 Å². The lowest BCUT2D eigenvalue weighted by Gasteiger charge is -2.01. The highest BCUT2D eigenvalue weighted by atomic mass is 15.1. The van der Waals surface area contributed by atoms with Crippen LogP contribution in [-0.4, -0.2) is 44.9 Å². The van der Waals surface area contributed by atoms with E-state index in [1.54, 1.807) is 24.8 Å². The van der Waals surface area contributed by atoms with E-state index in [9.17, 15) is 0 Å². The highest BCUT2D eigenvalue weighted by molar-refractivity contribution is 5.91. The molecule has 0 spiro atoms. The normalized spacial score (nSPS) is 11.7. The fourth-order valence-electron chi connectivity index (χ4n) is 3.47. The molecule has 0 aromatic carbocycles. The SMILES string of the molecule is c1ccc(-c2ncc(/N=c3\ncnc(Nc4cnc(-c5ccccn5)[nH]4)c4c[nH]cc34)[nH]2)nc1. The molecule has 164 valence electrons. The fraction of sp³-hybridized carbons (Fsp3) is 0. The van der Waals surface area contributed by atoms with Gasteiger partial charge in [-0.3, -0.25) is 9.97 Å². The van der Waals surface area contributed by atoms with E-state index in [0.29, 0.717) is 34.6 Å². The first-order chi connectivity index (χ1) is 16.8. The average molecular weight is 447 g/mol. The van der Waals surface area contributed by atoms with Crippen LogP contribution in [0, 0.1) is 0 Å². The standard InChI is InChI=1S/C23H17N11/c1-3-7-25-16(5-1)22-27-11-18(33-22)31-20-14-9-24-10-15(14)21(30-13-29-20)32-19-12-28-23(34-19)17-6-2-4-8-26-17/h1-13,24H,(H,27,33)(H,28,34)(H,29,30,31,32). The number of hydrogen-bond donors (Lipinski definition) is 4. The summed E-state index contributed by atoms with van der Waals surface area (Å²) in [6, 6.07) is 11.3. The zero-order valence-electron chi connectivity index (χ0n) is 17.6. The number of hydrogen-bond acceptors (Lipinski definition) is 8. The minimum absolute atomic E-state index is 0.492. The lowest BCUT2D eigenvalue weighted by Crippen LogP contribution is -2.03. The Hall–Kier alpha value is -5.19. The second kappa shape index (κ2) is 8.39. The van der Waals surface area contributed by atoms with Gasteiger partial charge in [-0.2, -0.15) is 0 Å². The van der Waals surface area contributed by atoms with Crippen molar-refractivity contribution in [3.8, 4) is 23.0 Å². The van der Waals surface area contributed by atoms with Gasteiger partial charge >= 0.3 is 0 Å². The van der Waals surface area contributed by atoms with Crippen molar-refractivity contribution in [2.45, 2.75) is 0 Å². The van der Waals surface area contributed by atoms with E-state index in [0.717, 1.165) is 22.2 Å². The number of nitrogens with one attached hydrogen (secondary N) is 4. The van der Waals surface area contributed by atoms with Gasteiger partial charge in [0.1, 0.15) is 29.4 Å². The van der Waals surface area contributed by atoms with E-state index >= 15 is 0 Å². The number of H-pyrrole nitrogens is 3. The lowest BCUT2D eigenvalue weighted by atomic mass is 10.3. The quantitative estimate of drug-likeness (QED) is 0.316. The summed E-state index contributed by atoms with van der Waals surface area (Å²) in [5.74, 6) is 3.12. The molecule has 6 rings (SSSR count). The summed E-state index contributed by atoms with van der Waals surface area (Å²) in [7, 11) is 0. The topological polar surface area (TPSA) is 149 Å². The van der Waals surface area contributed by atoms with Crippen LogP contribution >= 0.6 is 0 Å². The molecule has 0 atom stereocenters. The maximum atomic E-state index is 4.65. The minimum Gasteiger partial charge on any atom is -0.366 e. The van der Waals surface area contributed by atoms with Crippen molar-refractivity contribution in [1.82, 2.24) is 44.9 Å². The van der Waals surface area contributed by atoms with Crippen molar-refractivity contribution in [2.75, 3.05) is 5.32 Å². The molecule has 0 saturated heterocycles. The highest BCUT2D eigenvalue weighted by Crippen LogP contribution is 2.22. The Morgan fingerprint density at radius 2 is 1.44 bits per heavy atom. The third-order valence-electron chi connectivity index (χ3n) is 5.04. The first-order valence-corrected chi connectivity index (χ1v) is 10.4. The summed E-state index contributed by atoms with van der Waals surface area (Å²) in [6.07, 6.45) is 11.9. The first-order valence-electron chi connectivity index (χ1n) is 10.4. The Bertz CT molecular complexity index is 1630. The van der Waals surface area contributed by atoms with E-state index < -0.39 is 0 Å². The summed E-state index contributed by atoms with van der Waals surface area (Å²) < 4.78 is 0. The maximum Gasteiger partial charge on any atom is 0.165 e. The third-order valence-corrected chi connectivity index (χ3v) is 5.04. The van der Waals surface area contributed by atoms with Gasteiger partial charge in [-0.15, -0.1) is 0 Å². The Morgan fingerprint density at radius 3 is 2.21 bits per heavy atom. The largest absolute Gasteiger partial charge is 0.366 e. The molecule has 6 aromatic rings. The van der Waals surface area contributed by atoms with Crippen LogP contribution in [-0.2, 0) is 0 Å². The van der Waals surface area contributed by atoms with Crippen LogP contribution in [0.15, 0.2) is 84.9 Å². The predicted octanol–water partition coefficient (Wildman–Crippen LogP) is 3.50. The van der Waals surface area contributed by atoms with E-state index in [-0.39, 0.29) is 0 Å². The van der Waals surface area contributed by atoms with E-state index in [4.69, 9.17) is 0 Å². The molecule has 0 aliphatic heterocycles. The number of aromatic nitrogens is 9. The van der Waals surface area contributed by atoms with Crippen LogP contribution in [0.3, 0.4) is 0 Å². The van der Waals surface area contributed by atoms with Crippen molar-refractivity contribution >= 4 is 28.2 Å².